The van der Waals surface area contributed by atoms with E-state index < -0.39 is 89.3 Å². The first kappa shape index (κ1) is 48.4. The Balaban J connectivity index is 1.31. The summed E-state index contributed by atoms with van der Waals surface area (Å²) in [6, 6.07) is 2.68. The average molecular weight is 920 g/mol. The van der Waals surface area contributed by atoms with Gasteiger partial charge in [0.05, 0.1) is 15.7 Å². The summed E-state index contributed by atoms with van der Waals surface area (Å²) in [6.07, 6.45) is 3.44. The molecule has 3 saturated heterocycles. The molecule has 0 bridgehead atoms. The third kappa shape index (κ3) is 10.8. The van der Waals surface area contributed by atoms with E-state index in [-0.39, 0.29) is 48.4 Å². The van der Waals surface area contributed by atoms with Gasteiger partial charge in [-0.2, -0.15) is 25.8 Å². The van der Waals surface area contributed by atoms with Crippen molar-refractivity contribution in [1.29, 1.82) is 0 Å². The molecule has 0 radical (unpaired) electrons. The van der Waals surface area contributed by atoms with Gasteiger partial charge in [-0.15, -0.1) is 11.3 Å². The van der Waals surface area contributed by atoms with Crippen molar-refractivity contribution in [2.75, 3.05) is 53.9 Å². The number of fused-ring (bicyclic) bond motifs is 2. The number of hydrogen-bond donors (Lipinski definition) is 1. The van der Waals surface area contributed by atoms with E-state index in [4.69, 9.17) is 18.5 Å². The summed E-state index contributed by atoms with van der Waals surface area (Å²) >= 11 is 0.978. The molecule has 1 aromatic carbocycles. The van der Waals surface area contributed by atoms with Gasteiger partial charge >= 0.3 is 25.2 Å². The van der Waals surface area contributed by atoms with Crippen LogP contribution in [0.25, 0.3) is 10.1 Å². The van der Waals surface area contributed by atoms with Crippen molar-refractivity contribution in [2.24, 2.45) is 10.8 Å². The molecule has 340 valence electrons. The molecule has 3 amide bonds. The number of rotatable bonds is 13. The van der Waals surface area contributed by atoms with Gasteiger partial charge in [-0.1, -0.05) is 18.9 Å². The monoisotopic (exact) mass is 919 g/mol. The van der Waals surface area contributed by atoms with Crippen LogP contribution in [0.2, 0.25) is 0 Å². The molecular formula is C39H56F2N5O12PS2. The molecule has 2 aromatic rings. The standard InChI is InChI=1S/C39H56F2N5O12PS2/c1-37(2,3)35(50)55-23-57-59(52,58-24-56-36(51)38(4,5)6)39(40,41)26-13-16-30-25(21-26)22-31(60-30)32(47)42-28-12-10-9-11-27-14-15-29(46(27)33(28)48)34(49)44-17-19-45(20-18-44)61(53,54)43(7)8/h13,16,21-22,27-29H,9-12,14-15,17-20,23-24H2,1-8H3,(H,42,47)/t27-,28?,29-/m0/s1. The molecule has 3 fully saturated rings. The number of alkyl halides is 2. The zero-order valence-corrected chi connectivity index (χ0v) is 38.3. The lowest BCUT2D eigenvalue weighted by Crippen LogP contribution is -2.59. The van der Waals surface area contributed by atoms with Crippen LogP contribution >= 0.6 is 18.9 Å². The maximum absolute atomic E-state index is 16.3. The summed E-state index contributed by atoms with van der Waals surface area (Å²) in [5.41, 5.74) is -7.28. The van der Waals surface area contributed by atoms with E-state index in [0.717, 1.165) is 34.2 Å². The molecular weight excluding hydrogens is 864 g/mol. The van der Waals surface area contributed by atoms with Crippen molar-refractivity contribution in [3.63, 3.8) is 0 Å². The Morgan fingerprint density at radius 2 is 1.44 bits per heavy atom. The van der Waals surface area contributed by atoms with Gasteiger partial charge < -0.3 is 24.6 Å². The van der Waals surface area contributed by atoms with Gasteiger partial charge in [-0.25, -0.2) is 0 Å². The third-order valence-corrected chi connectivity index (χ3v) is 15.6. The summed E-state index contributed by atoms with van der Waals surface area (Å²) in [6.45, 7) is 7.37. The fourth-order valence-corrected chi connectivity index (χ4v) is 10.4. The third-order valence-electron chi connectivity index (χ3n) is 10.7. The number of carbonyl (C=O) groups excluding carboxylic acids is 5. The second kappa shape index (κ2) is 18.6. The molecule has 4 heterocycles. The zero-order chi connectivity index (χ0) is 45.3. The molecule has 17 nitrogen and oxygen atoms in total. The maximum atomic E-state index is 16.3. The molecule has 1 N–H and O–H groups in total. The van der Waals surface area contributed by atoms with Crippen molar-refractivity contribution >= 4 is 68.9 Å². The van der Waals surface area contributed by atoms with Crippen LogP contribution in [-0.2, 0) is 58.1 Å². The zero-order valence-electron chi connectivity index (χ0n) is 35.7. The normalized spacial score (nSPS) is 21.2. The number of nitrogens with zero attached hydrogens (tertiary/aromatic N) is 4. The predicted molar refractivity (Wildman–Crippen MR) is 220 cm³/mol. The average Bonchev–Trinajstić information content (AvgIpc) is 3.81. The number of amides is 3. The van der Waals surface area contributed by atoms with Crippen molar-refractivity contribution in [2.45, 2.75) is 104 Å². The van der Waals surface area contributed by atoms with Gasteiger partial charge in [0.15, 0.2) is 0 Å². The molecule has 0 aliphatic carbocycles. The summed E-state index contributed by atoms with van der Waals surface area (Å²) in [5, 5.41) is 2.99. The maximum Gasteiger partial charge on any atom is 0.410 e. The minimum Gasteiger partial charge on any atom is -0.438 e. The Bertz CT molecular complexity index is 2110. The van der Waals surface area contributed by atoms with Gasteiger partial charge in [0, 0.05) is 56.6 Å². The lowest BCUT2D eigenvalue weighted by atomic mass is 9.98. The lowest BCUT2D eigenvalue weighted by Gasteiger charge is -2.39. The summed E-state index contributed by atoms with van der Waals surface area (Å²) in [5.74, 6) is -2.95. The van der Waals surface area contributed by atoms with Crippen LogP contribution in [0.3, 0.4) is 0 Å². The van der Waals surface area contributed by atoms with E-state index in [0.29, 0.717) is 36.8 Å². The van der Waals surface area contributed by atoms with Gasteiger partial charge in [-0.3, -0.25) is 37.6 Å². The molecule has 61 heavy (non-hydrogen) atoms. The molecule has 22 heteroatoms. The Morgan fingerprint density at radius 3 is 2.00 bits per heavy atom. The second-order valence-electron chi connectivity index (χ2n) is 17.6. The number of esters is 2. The highest BCUT2D eigenvalue weighted by Crippen LogP contribution is 2.67. The van der Waals surface area contributed by atoms with Crippen LogP contribution < -0.4 is 5.32 Å². The number of ether oxygens (including phenoxy) is 2. The van der Waals surface area contributed by atoms with Crippen LogP contribution in [0.5, 0.6) is 0 Å². The Kier molecular flexibility index (Phi) is 14.8. The van der Waals surface area contributed by atoms with E-state index in [2.05, 4.69) is 5.32 Å². The SMILES string of the molecule is CN(C)S(=O)(=O)N1CCN(C(=O)[C@@H]2CC[C@@H]3CCCCC(NC(=O)c4cc5cc(C(F)(F)P(=O)(OCOC(=O)C(C)(C)C)OCOC(=O)C(C)(C)C)ccc5s4)C(=O)N32)CC1. The Morgan fingerprint density at radius 1 is 0.869 bits per heavy atom. The molecule has 5 rings (SSSR count). The Hall–Kier alpha value is -3.59. The van der Waals surface area contributed by atoms with Gasteiger partial charge in [0.25, 0.3) is 16.1 Å². The van der Waals surface area contributed by atoms with E-state index >= 15 is 8.78 Å². The van der Waals surface area contributed by atoms with Gasteiger partial charge in [0.1, 0.15) is 12.1 Å². The summed E-state index contributed by atoms with van der Waals surface area (Å²) < 4.78 is 94.2. The number of carbonyl (C=O) groups is 5. The molecule has 1 aromatic heterocycles. The van der Waals surface area contributed by atoms with E-state index in [1.165, 1.54) is 72.1 Å². The van der Waals surface area contributed by atoms with Crippen LogP contribution in [-0.4, -0.2) is 128 Å². The Labute approximate surface area is 359 Å². The van der Waals surface area contributed by atoms with Crippen LogP contribution in [0.15, 0.2) is 24.3 Å². The highest BCUT2D eigenvalue weighted by atomic mass is 32.2. The molecule has 3 atom stereocenters. The van der Waals surface area contributed by atoms with Crippen molar-refractivity contribution in [3.8, 4) is 0 Å². The molecule has 3 aliphatic rings. The topological polar surface area (TPSA) is 198 Å². The van der Waals surface area contributed by atoms with Gasteiger partial charge in [-0.05, 0) is 90.8 Å². The highest BCUT2D eigenvalue weighted by molar-refractivity contribution is 7.86. The quantitative estimate of drug-likeness (QED) is 0.156. The van der Waals surface area contributed by atoms with Crippen LogP contribution in [0.1, 0.15) is 95.3 Å². The largest absolute Gasteiger partial charge is 0.438 e. The summed E-state index contributed by atoms with van der Waals surface area (Å²) in [4.78, 5) is 69.7. The second-order valence-corrected chi connectivity index (χ2v) is 22.9. The van der Waals surface area contributed by atoms with Crippen LogP contribution in [0, 0.1) is 10.8 Å². The highest BCUT2D eigenvalue weighted by Gasteiger charge is 2.56. The minimum atomic E-state index is -5.60. The van der Waals surface area contributed by atoms with E-state index in [1.807, 2.05) is 0 Å². The van der Waals surface area contributed by atoms with Crippen molar-refractivity contribution in [1.82, 2.24) is 23.7 Å². The molecule has 0 spiro atoms. The molecule has 3 aliphatic heterocycles. The first-order valence-electron chi connectivity index (χ1n) is 20.0. The number of hydrogen-bond acceptors (Lipinski definition) is 13. The predicted octanol–water partition coefficient (Wildman–Crippen LogP) is 5.25. The fraction of sp³-hybridized carbons (Fsp3) is 0.667. The smallest absolute Gasteiger partial charge is 0.410 e. The number of benzene rings is 1. The minimum absolute atomic E-state index is 0.0975. The first-order valence-corrected chi connectivity index (χ1v) is 23.8. The van der Waals surface area contributed by atoms with Crippen molar-refractivity contribution in [3.05, 3.63) is 34.7 Å². The molecule has 1 unspecified atom stereocenters. The number of thiophene rings is 1. The molecule has 0 saturated carbocycles. The first-order chi connectivity index (χ1) is 28.3. The van der Waals surface area contributed by atoms with E-state index in [9.17, 15) is 37.0 Å². The van der Waals surface area contributed by atoms with Crippen molar-refractivity contribution < 1.29 is 64.3 Å². The van der Waals surface area contributed by atoms with Gasteiger partial charge in [0.2, 0.25) is 25.4 Å². The van der Waals surface area contributed by atoms with E-state index in [1.54, 1.807) is 9.80 Å². The number of nitrogens with one attached hydrogen (secondary N) is 1. The number of piperazine rings is 1. The number of halogens is 2. The summed E-state index contributed by atoms with van der Waals surface area (Å²) in [7, 11) is -6.36. The van der Waals surface area contributed by atoms with Crippen LogP contribution in [0.4, 0.5) is 8.78 Å². The lowest BCUT2D eigenvalue weighted by molar-refractivity contribution is -0.163. The fourth-order valence-electron chi connectivity index (χ4n) is 7.15.